The minimum absolute atomic E-state index is 0.512. The molecule has 0 radical (unpaired) electrons. The van der Waals surface area contributed by atoms with Crippen LogP contribution in [0, 0.1) is 5.41 Å². The first-order valence-electron chi connectivity index (χ1n) is 4.97. The average Bonchev–Trinajstić information content (AvgIpc) is 2.74. The highest BCUT2D eigenvalue weighted by Crippen LogP contribution is 2.23. The summed E-state index contributed by atoms with van der Waals surface area (Å²) in [5.74, 6) is 0.547. The van der Waals surface area contributed by atoms with Crippen molar-refractivity contribution < 1.29 is 0 Å². The summed E-state index contributed by atoms with van der Waals surface area (Å²) in [4.78, 5) is 2.07. The lowest BCUT2D eigenvalue weighted by molar-refractivity contribution is 0.517. The zero-order valence-electron chi connectivity index (χ0n) is 8.26. The van der Waals surface area contributed by atoms with Crippen molar-refractivity contribution in [2.24, 2.45) is 0 Å². The van der Waals surface area contributed by atoms with Crippen molar-refractivity contribution in [3.63, 3.8) is 0 Å². The molecule has 0 aliphatic carbocycles. The zero-order chi connectivity index (χ0) is 10.8. The highest BCUT2D eigenvalue weighted by atomic mass is 35.5. The number of amidine groups is 1. The predicted molar refractivity (Wildman–Crippen MR) is 64.1 cm³/mol. The van der Waals surface area contributed by atoms with Crippen LogP contribution in [-0.4, -0.2) is 23.8 Å². The van der Waals surface area contributed by atoms with Crippen molar-refractivity contribution in [1.29, 1.82) is 5.41 Å². The fourth-order valence-electron chi connectivity index (χ4n) is 1.77. The number of rotatable bonds is 1. The minimum Gasteiger partial charge on any atom is -0.357 e. The fraction of sp³-hybridized carbons (Fsp3) is 0.364. The summed E-state index contributed by atoms with van der Waals surface area (Å²) in [6.45, 7) is 1.94. The SMILES string of the molecule is N=C(c1ccc(Cl)c(Cl)c1)N1CCCC1. The molecule has 1 aliphatic rings. The molecule has 1 heterocycles. The van der Waals surface area contributed by atoms with Gasteiger partial charge in [0.25, 0.3) is 0 Å². The Morgan fingerprint density at radius 1 is 1.13 bits per heavy atom. The van der Waals surface area contributed by atoms with Crippen molar-refractivity contribution in [3.8, 4) is 0 Å². The van der Waals surface area contributed by atoms with Gasteiger partial charge in [0.05, 0.1) is 10.0 Å². The topological polar surface area (TPSA) is 27.1 Å². The minimum atomic E-state index is 0.512. The van der Waals surface area contributed by atoms with Crippen molar-refractivity contribution in [1.82, 2.24) is 4.90 Å². The van der Waals surface area contributed by atoms with Gasteiger partial charge < -0.3 is 4.90 Å². The number of nitrogens with one attached hydrogen (secondary N) is 1. The Balaban J connectivity index is 2.21. The molecule has 1 aromatic carbocycles. The van der Waals surface area contributed by atoms with E-state index in [1.54, 1.807) is 12.1 Å². The van der Waals surface area contributed by atoms with Gasteiger partial charge in [0.1, 0.15) is 5.84 Å². The maximum absolute atomic E-state index is 8.02. The van der Waals surface area contributed by atoms with Gasteiger partial charge >= 0.3 is 0 Å². The molecule has 1 N–H and O–H groups in total. The molecule has 1 aliphatic heterocycles. The molecule has 0 saturated carbocycles. The largest absolute Gasteiger partial charge is 0.357 e. The van der Waals surface area contributed by atoms with Crippen LogP contribution in [0.4, 0.5) is 0 Å². The first kappa shape index (κ1) is 10.8. The molecule has 2 nitrogen and oxygen atoms in total. The lowest BCUT2D eigenvalue weighted by Crippen LogP contribution is -2.27. The van der Waals surface area contributed by atoms with Crippen LogP contribution in [0.15, 0.2) is 18.2 Å². The van der Waals surface area contributed by atoms with E-state index >= 15 is 0 Å². The van der Waals surface area contributed by atoms with Gasteiger partial charge in [-0.05, 0) is 31.0 Å². The van der Waals surface area contributed by atoms with Gasteiger partial charge in [-0.15, -0.1) is 0 Å². The van der Waals surface area contributed by atoms with Gasteiger partial charge in [0, 0.05) is 18.7 Å². The Bertz CT molecular complexity index is 384. The number of halogens is 2. The number of nitrogens with zero attached hydrogens (tertiary/aromatic N) is 1. The van der Waals surface area contributed by atoms with Crippen molar-refractivity contribution in [2.45, 2.75) is 12.8 Å². The van der Waals surface area contributed by atoms with Gasteiger partial charge in [-0.2, -0.15) is 0 Å². The van der Waals surface area contributed by atoms with E-state index in [0.717, 1.165) is 18.7 Å². The van der Waals surface area contributed by atoms with Crippen LogP contribution < -0.4 is 0 Å². The Morgan fingerprint density at radius 3 is 2.40 bits per heavy atom. The molecule has 1 fully saturated rings. The van der Waals surface area contributed by atoms with E-state index in [4.69, 9.17) is 28.6 Å². The van der Waals surface area contributed by atoms with E-state index in [9.17, 15) is 0 Å². The van der Waals surface area contributed by atoms with E-state index < -0.39 is 0 Å². The van der Waals surface area contributed by atoms with Crippen LogP contribution in [0.5, 0.6) is 0 Å². The summed E-state index contributed by atoms with van der Waals surface area (Å²) in [6, 6.07) is 5.34. The molecular weight excluding hydrogens is 231 g/mol. The number of hydrogen-bond acceptors (Lipinski definition) is 1. The molecule has 2 rings (SSSR count). The summed E-state index contributed by atoms with van der Waals surface area (Å²) in [5.41, 5.74) is 0.839. The second kappa shape index (κ2) is 4.42. The third kappa shape index (κ3) is 2.27. The lowest BCUT2D eigenvalue weighted by atomic mass is 10.2. The molecule has 0 atom stereocenters. The van der Waals surface area contributed by atoms with Crippen LogP contribution in [0.3, 0.4) is 0 Å². The molecule has 4 heteroatoms. The van der Waals surface area contributed by atoms with Gasteiger partial charge in [0.15, 0.2) is 0 Å². The normalized spacial score (nSPS) is 15.7. The highest BCUT2D eigenvalue weighted by molar-refractivity contribution is 6.42. The van der Waals surface area contributed by atoms with E-state index in [1.165, 1.54) is 12.8 Å². The zero-order valence-corrected chi connectivity index (χ0v) is 9.78. The first-order chi connectivity index (χ1) is 7.18. The summed E-state index contributed by atoms with van der Waals surface area (Å²) in [5, 5.41) is 9.07. The summed E-state index contributed by atoms with van der Waals surface area (Å²) >= 11 is 11.7. The Kier molecular flexibility index (Phi) is 3.17. The lowest BCUT2D eigenvalue weighted by Gasteiger charge is -2.18. The number of likely N-dealkylation sites (tertiary alicyclic amines) is 1. The molecule has 0 amide bonds. The molecule has 0 aromatic heterocycles. The number of hydrogen-bond donors (Lipinski definition) is 1. The van der Waals surface area contributed by atoms with E-state index in [-0.39, 0.29) is 0 Å². The highest BCUT2D eigenvalue weighted by Gasteiger charge is 2.16. The third-order valence-electron chi connectivity index (χ3n) is 2.62. The van der Waals surface area contributed by atoms with E-state index in [0.29, 0.717) is 15.9 Å². The van der Waals surface area contributed by atoms with Gasteiger partial charge in [-0.25, -0.2) is 0 Å². The van der Waals surface area contributed by atoms with Gasteiger partial charge in [0.2, 0.25) is 0 Å². The van der Waals surface area contributed by atoms with Crippen molar-refractivity contribution in [2.75, 3.05) is 13.1 Å². The van der Waals surface area contributed by atoms with Crippen LogP contribution in [0.2, 0.25) is 10.0 Å². The molecule has 0 spiro atoms. The second-order valence-corrected chi connectivity index (χ2v) is 4.49. The molecule has 1 saturated heterocycles. The molecule has 1 aromatic rings. The molecule has 0 bridgehead atoms. The van der Waals surface area contributed by atoms with Gasteiger partial charge in [-0.3, -0.25) is 5.41 Å². The molecule has 15 heavy (non-hydrogen) atoms. The maximum atomic E-state index is 8.02. The average molecular weight is 243 g/mol. The third-order valence-corrected chi connectivity index (χ3v) is 3.35. The summed E-state index contributed by atoms with van der Waals surface area (Å²) < 4.78 is 0. The molecular formula is C11H12Cl2N2. The van der Waals surface area contributed by atoms with Crippen LogP contribution in [0.1, 0.15) is 18.4 Å². The standard InChI is InChI=1S/C11H12Cl2N2/c12-9-4-3-8(7-10(9)13)11(14)15-5-1-2-6-15/h3-4,7,14H,1-2,5-6H2. The van der Waals surface area contributed by atoms with Crippen LogP contribution in [-0.2, 0) is 0 Å². The van der Waals surface area contributed by atoms with Crippen LogP contribution >= 0.6 is 23.2 Å². The summed E-state index contributed by atoms with van der Waals surface area (Å²) in [6.07, 6.45) is 2.34. The Hall–Kier alpha value is -0.730. The molecule has 80 valence electrons. The van der Waals surface area contributed by atoms with Gasteiger partial charge in [-0.1, -0.05) is 23.2 Å². The summed E-state index contributed by atoms with van der Waals surface area (Å²) in [7, 11) is 0. The second-order valence-electron chi connectivity index (χ2n) is 3.67. The van der Waals surface area contributed by atoms with E-state index in [1.807, 2.05) is 6.07 Å². The van der Waals surface area contributed by atoms with E-state index in [2.05, 4.69) is 4.90 Å². The quantitative estimate of drug-likeness (QED) is 0.593. The smallest absolute Gasteiger partial charge is 0.128 e. The fourth-order valence-corrected chi connectivity index (χ4v) is 2.06. The first-order valence-corrected chi connectivity index (χ1v) is 5.73. The monoisotopic (exact) mass is 242 g/mol. The van der Waals surface area contributed by atoms with Crippen LogP contribution in [0.25, 0.3) is 0 Å². The van der Waals surface area contributed by atoms with Crippen molar-refractivity contribution >= 4 is 29.0 Å². The van der Waals surface area contributed by atoms with Crippen molar-refractivity contribution in [3.05, 3.63) is 33.8 Å². The maximum Gasteiger partial charge on any atom is 0.128 e. The number of benzene rings is 1. The Labute approximate surface area is 99.3 Å². The predicted octanol–water partition coefficient (Wildman–Crippen LogP) is 3.41. The Morgan fingerprint density at radius 2 is 1.80 bits per heavy atom. The molecule has 0 unspecified atom stereocenters.